The first-order valence-corrected chi connectivity index (χ1v) is 8.72. The fourth-order valence-electron chi connectivity index (χ4n) is 2.25. The van der Waals surface area contributed by atoms with Crippen LogP contribution < -0.4 is 5.32 Å². The number of Topliss-reactive ketones (excluding diaryl/α,β-unsaturated/α-hetero) is 2. The molecule has 0 unspecified atom stereocenters. The van der Waals surface area contributed by atoms with Crippen LogP contribution in [0.1, 0.15) is 85.0 Å². The molecule has 0 aliphatic heterocycles. The molecule has 1 amide bonds. The zero-order valence-corrected chi connectivity index (χ0v) is 14.6. The van der Waals surface area contributed by atoms with Gasteiger partial charge in [-0.3, -0.25) is 14.4 Å². The van der Waals surface area contributed by atoms with E-state index in [9.17, 15) is 14.4 Å². The van der Waals surface area contributed by atoms with Crippen LogP contribution in [0.15, 0.2) is 0 Å². The van der Waals surface area contributed by atoms with Gasteiger partial charge in [-0.15, -0.1) is 0 Å². The summed E-state index contributed by atoms with van der Waals surface area (Å²) in [6.45, 7) is 5.54. The number of hydrogen-bond donors (Lipinski definition) is 1. The van der Waals surface area contributed by atoms with E-state index in [1.165, 1.54) is 26.2 Å². The Balaban J connectivity index is 3.25. The molecule has 0 aliphatic rings. The Morgan fingerprint density at radius 1 is 0.773 bits per heavy atom. The van der Waals surface area contributed by atoms with Crippen LogP contribution in [-0.2, 0) is 14.4 Å². The van der Waals surface area contributed by atoms with Gasteiger partial charge in [0.15, 0.2) is 0 Å². The smallest absolute Gasteiger partial charge is 0.220 e. The van der Waals surface area contributed by atoms with E-state index < -0.39 is 0 Å². The summed E-state index contributed by atoms with van der Waals surface area (Å²) >= 11 is 0. The van der Waals surface area contributed by atoms with Crippen molar-refractivity contribution in [1.82, 2.24) is 5.32 Å². The van der Waals surface area contributed by atoms with E-state index in [0.29, 0.717) is 12.2 Å². The fraction of sp³-hybridized carbons (Fsp3) is 0.833. The SMILES string of the molecule is CC(=O)CNC(=O)CCCCCCCCCCC(=O)C(C)C. The first kappa shape index (κ1) is 20.8. The highest BCUT2D eigenvalue weighted by molar-refractivity contribution is 5.84. The van der Waals surface area contributed by atoms with E-state index in [1.54, 1.807) is 0 Å². The summed E-state index contributed by atoms with van der Waals surface area (Å²) in [5.74, 6) is 0.518. The lowest BCUT2D eigenvalue weighted by atomic mass is 10.0. The van der Waals surface area contributed by atoms with Crippen LogP contribution in [0.5, 0.6) is 0 Å². The highest BCUT2D eigenvalue weighted by Crippen LogP contribution is 2.12. The topological polar surface area (TPSA) is 63.2 Å². The summed E-state index contributed by atoms with van der Waals surface area (Å²) in [5, 5.41) is 2.61. The molecule has 128 valence electrons. The van der Waals surface area contributed by atoms with Crippen molar-refractivity contribution < 1.29 is 14.4 Å². The van der Waals surface area contributed by atoms with Crippen molar-refractivity contribution in [2.75, 3.05) is 6.54 Å². The quantitative estimate of drug-likeness (QED) is 0.496. The molecule has 0 saturated carbocycles. The molecule has 0 rings (SSSR count). The molecule has 4 heteroatoms. The van der Waals surface area contributed by atoms with Gasteiger partial charge in [0, 0.05) is 18.8 Å². The highest BCUT2D eigenvalue weighted by atomic mass is 16.2. The van der Waals surface area contributed by atoms with Crippen molar-refractivity contribution in [2.24, 2.45) is 5.92 Å². The molecule has 22 heavy (non-hydrogen) atoms. The number of nitrogens with one attached hydrogen (secondary N) is 1. The Labute approximate surface area is 135 Å². The highest BCUT2D eigenvalue weighted by Gasteiger charge is 2.05. The van der Waals surface area contributed by atoms with Crippen molar-refractivity contribution >= 4 is 17.5 Å². The zero-order chi connectivity index (χ0) is 16.8. The Morgan fingerprint density at radius 2 is 1.23 bits per heavy atom. The first-order chi connectivity index (χ1) is 10.4. The summed E-state index contributed by atoms with van der Waals surface area (Å²) in [5.41, 5.74) is 0. The minimum absolute atomic E-state index is 0.0107. The normalized spacial score (nSPS) is 10.7. The van der Waals surface area contributed by atoms with Crippen LogP contribution in [0.25, 0.3) is 0 Å². The summed E-state index contributed by atoms with van der Waals surface area (Å²) in [6.07, 6.45) is 10.2. The second kappa shape index (κ2) is 13.5. The number of hydrogen-bond acceptors (Lipinski definition) is 3. The van der Waals surface area contributed by atoms with Gasteiger partial charge in [0.05, 0.1) is 6.54 Å². The molecule has 0 aromatic rings. The van der Waals surface area contributed by atoms with Gasteiger partial charge in [-0.05, 0) is 19.8 Å². The van der Waals surface area contributed by atoms with Gasteiger partial charge >= 0.3 is 0 Å². The largest absolute Gasteiger partial charge is 0.349 e. The van der Waals surface area contributed by atoms with Gasteiger partial charge in [-0.1, -0.05) is 52.4 Å². The molecule has 4 nitrogen and oxygen atoms in total. The molecular formula is C18H33NO3. The lowest BCUT2D eigenvalue weighted by Gasteiger charge is -2.05. The summed E-state index contributed by atoms with van der Waals surface area (Å²) in [7, 11) is 0. The van der Waals surface area contributed by atoms with E-state index in [0.717, 1.165) is 38.5 Å². The Morgan fingerprint density at radius 3 is 1.68 bits per heavy atom. The molecule has 0 bridgehead atoms. The molecule has 0 aromatic carbocycles. The molecule has 0 radical (unpaired) electrons. The number of rotatable bonds is 14. The second-order valence-electron chi connectivity index (χ2n) is 6.43. The second-order valence-corrected chi connectivity index (χ2v) is 6.43. The zero-order valence-electron chi connectivity index (χ0n) is 14.6. The predicted molar refractivity (Wildman–Crippen MR) is 89.7 cm³/mol. The number of carbonyl (C=O) groups is 3. The maximum absolute atomic E-state index is 11.4. The number of unbranched alkanes of at least 4 members (excludes halogenated alkanes) is 7. The molecule has 0 aliphatic carbocycles. The van der Waals surface area contributed by atoms with Crippen LogP contribution in [0, 0.1) is 5.92 Å². The maximum atomic E-state index is 11.4. The third-order valence-electron chi connectivity index (χ3n) is 3.76. The number of carbonyl (C=O) groups excluding carboxylic acids is 3. The van der Waals surface area contributed by atoms with Gasteiger partial charge in [-0.25, -0.2) is 0 Å². The third kappa shape index (κ3) is 13.8. The predicted octanol–water partition coefficient (Wildman–Crippen LogP) is 3.82. The van der Waals surface area contributed by atoms with Crippen molar-refractivity contribution in [2.45, 2.75) is 85.0 Å². The van der Waals surface area contributed by atoms with Crippen molar-refractivity contribution in [3.63, 3.8) is 0 Å². The lowest BCUT2D eigenvalue weighted by Crippen LogP contribution is -2.27. The molecule has 0 saturated heterocycles. The molecule has 0 fully saturated rings. The summed E-state index contributed by atoms with van der Waals surface area (Å²) < 4.78 is 0. The van der Waals surface area contributed by atoms with Gasteiger partial charge in [0.25, 0.3) is 0 Å². The van der Waals surface area contributed by atoms with Crippen molar-refractivity contribution in [1.29, 1.82) is 0 Å². The van der Waals surface area contributed by atoms with Gasteiger partial charge in [0.1, 0.15) is 11.6 Å². The molecule has 1 N–H and O–H groups in total. The summed E-state index contributed by atoms with van der Waals surface area (Å²) in [6, 6.07) is 0. The standard InChI is InChI=1S/C18H33NO3/c1-15(2)17(21)12-10-8-6-4-5-7-9-11-13-18(22)19-14-16(3)20/h15H,4-14H2,1-3H3,(H,19,22). The van der Waals surface area contributed by atoms with E-state index in [2.05, 4.69) is 5.32 Å². The van der Waals surface area contributed by atoms with Crippen LogP contribution >= 0.6 is 0 Å². The van der Waals surface area contributed by atoms with Crippen LogP contribution in [0.3, 0.4) is 0 Å². The molecule has 0 heterocycles. The lowest BCUT2D eigenvalue weighted by molar-refractivity contribution is -0.124. The average molecular weight is 311 g/mol. The van der Waals surface area contributed by atoms with Crippen LogP contribution in [0.2, 0.25) is 0 Å². The van der Waals surface area contributed by atoms with Gasteiger partial charge < -0.3 is 5.32 Å². The molecular weight excluding hydrogens is 278 g/mol. The number of ketones is 2. The molecule has 0 atom stereocenters. The van der Waals surface area contributed by atoms with Crippen molar-refractivity contribution in [3.05, 3.63) is 0 Å². The minimum atomic E-state index is -0.0231. The van der Waals surface area contributed by atoms with E-state index in [-0.39, 0.29) is 24.2 Å². The maximum Gasteiger partial charge on any atom is 0.220 e. The number of amides is 1. The fourth-order valence-corrected chi connectivity index (χ4v) is 2.25. The minimum Gasteiger partial charge on any atom is -0.349 e. The van der Waals surface area contributed by atoms with Crippen molar-refractivity contribution in [3.8, 4) is 0 Å². The Hall–Kier alpha value is -1.19. The van der Waals surface area contributed by atoms with E-state index in [4.69, 9.17) is 0 Å². The first-order valence-electron chi connectivity index (χ1n) is 8.72. The van der Waals surface area contributed by atoms with Gasteiger partial charge in [-0.2, -0.15) is 0 Å². The van der Waals surface area contributed by atoms with Crippen LogP contribution in [-0.4, -0.2) is 24.0 Å². The van der Waals surface area contributed by atoms with E-state index in [1.807, 2.05) is 13.8 Å². The third-order valence-corrected chi connectivity index (χ3v) is 3.76. The Bertz CT molecular complexity index is 337. The Kier molecular flexibility index (Phi) is 12.7. The van der Waals surface area contributed by atoms with E-state index >= 15 is 0 Å². The average Bonchev–Trinajstić information content (AvgIpc) is 2.46. The summed E-state index contributed by atoms with van der Waals surface area (Å²) in [4.78, 5) is 33.5. The molecule has 0 aromatic heterocycles. The van der Waals surface area contributed by atoms with Crippen LogP contribution in [0.4, 0.5) is 0 Å². The molecule has 0 spiro atoms. The monoisotopic (exact) mass is 311 g/mol. The van der Waals surface area contributed by atoms with Gasteiger partial charge in [0.2, 0.25) is 5.91 Å².